The zero-order chi connectivity index (χ0) is 15.9. The van der Waals surface area contributed by atoms with E-state index in [1.54, 1.807) is 10.9 Å². The Bertz CT molecular complexity index is 594. The highest BCUT2D eigenvalue weighted by Crippen LogP contribution is 2.21. The van der Waals surface area contributed by atoms with Gasteiger partial charge in [-0.3, -0.25) is 14.4 Å². The first-order valence-electron chi connectivity index (χ1n) is 7.43. The van der Waals surface area contributed by atoms with E-state index in [0.717, 1.165) is 24.1 Å². The van der Waals surface area contributed by atoms with Gasteiger partial charge in [0.15, 0.2) is 0 Å². The van der Waals surface area contributed by atoms with Gasteiger partial charge in [0.1, 0.15) is 6.04 Å². The molecular weight excluding hydrogens is 278 g/mol. The summed E-state index contributed by atoms with van der Waals surface area (Å²) in [5, 5.41) is 10.7. The zero-order valence-electron chi connectivity index (χ0n) is 13.4. The Morgan fingerprint density at radius 2 is 2.14 bits per heavy atom. The van der Waals surface area contributed by atoms with Crippen LogP contribution >= 0.6 is 0 Å². The van der Waals surface area contributed by atoms with Crippen LogP contribution in [0.5, 0.6) is 0 Å². The van der Waals surface area contributed by atoms with Crippen LogP contribution in [0, 0.1) is 6.92 Å². The number of rotatable bonds is 7. The predicted molar refractivity (Wildman–Crippen MR) is 85.3 cm³/mol. The molecule has 22 heavy (non-hydrogen) atoms. The summed E-state index contributed by atoms with van der Waals surface area (Å²) >= 11 is 0. The van der Waals surface area contributed by atoms with Crippen molar-refractivity contribution in [1.29, 1.82) is 0 Å². The van der Waals surface area contributed by atoms with Gasteiger partial charge in [0.05, 0.1) is 6.20 Å². The molecular formula is C16H23N5O. The van der Waals surface area contributed by atoms with Crippen molar-refractivity contribution in [2.75, 3.05) is 20.6 Å². The van der Waals surface area contributed by atoms with Crippen LogP contribution in [0.15, 0.2) is 36.7 Å². The Morgan fingerprint density at radius 1 is 1.36 bits per heavy atom. The van der Waals surface area contributed by atoms with E-state index >= 15 is 0 Å². The first-order valence-corrected chi connectivity index (χ1v) is 7.43. The fourth-order valence-corrected chi connectivity index (χ4v) is 2.45. The van der Waals surface area contributed by atoms with Crippen molar-refractivity contribution in [1.82, 2.24) is 25.2 Å². The third-order valence-corrected chi connectivity index (χ3v) is 3.58. The molecule has 1 amide bonds. The summed E-state index contributed by atoms with van der Waals surface area (Å²) in [5.74, 6) is 0.0258. The van der Waals surface area contributed by atoms with Gasteiger partial charge in [-0.25, -0.2) is 0 Å². The maximum Gasteiger partial charge on any atom is 0.241 e. The lowest BCUT2D eigenvalue weighted by molar-refractivity contribution is -0.125. The van der Waals surface area contributed by atoms with Gasteiger partial charge in [-0.05, 0) is 38.6 Å². The van der Waals surface area contributed by atoms with Crippen LogP contribution in [0.3, 0.4) is 0 Å². The summed E-state index contributed by atoms with van der Waals surface area (Å²) in [4.78, 5) is 14.5. The van der Waals surface area contributed by atoms with Crippen LogP contribution in [-0.4, -0.2) is 46.4 Å². The molecule has 0 saturated carbocycles. The van der Waals surface area contributed by atoms with E-state index in [4.69, 9.17) is 0 Å². The number of hydrogen-bond acceptors (Lipinski definition) is 4. The molecule has 0 spiro atoms. The molecule has 6 heteroatoms. The van der Waals surface area contributed by atoms with Crippen LogP contribution in [0.25, 0.3) is 0 Å². The van der Waals surface area contributed by atoms with Crippen molar-refractivity contribution in [3.05, 3.63) is 47.8 Å². The lowest BCUT2D eigenvalue weighted by atomic mass is 10.00. The fourth-order valence-electron chi connectivity index (χ4n) is 2.45. The number of hydrogen-bond donors (Lipinski definition) is 1. The van der Waals surface area contributed by atoms with Crippen molar-refractivity contribution in [2.45, 2.75) is 25.9 Å². The highest BCUT2D eigenvalue weighted by Gasteiger charge is 2.23. The van der Waals surface area contributed by atoms with E-state index in [2.05, 4.69) is 15.6 Å². The first kappa shape index (κ1) is 16.2. The van der Waals surface area contributed by atoms with E-state index in [0.29, 0.717) is 6.54 Å². The number of nitrogens with zero attached hydrogens (tertiary/aromatic N) is 4. The van der Waals surface area contributed by atoms with Crippen LogP contribution in [0.2, 0.25) is 0 Å². The molecule has 0 aliphatic rings. The molecule has 0 saturated heterocycles. The molecule has 0 aliphatic carbocycles. The molecule has 1 N–H and O–H groups in total. The third kappa shape index (κ3) is 4.14. The highest BCUT2D eigenvalue weighted by atomic mass is 16.2. The quantitative estimate of drug-likeness (QED) is 0.785. The van der Waals surface area contributed by atoms with E-state index in [1.807, 2.05) is 56.4 Å². The van der Waals surface area contributed by atoms with Crippen molar-refractivity contribution in [3.8, 4) is 0 Å². The Labute approximate surface area is 131 Å². The monoisotopic (exact) mass is 301 g/mol. The lowest BCUT2D eigenvalue weighted by Gasteiger charge is -2.25. The van der Waals surface area contributed by atoms with Crippen molar-refractivity contribution >= 4 is 5.91 Å². The first-order chi connectivity index (χ1) is 10.6. The smallest absolute Gasteiger partial charge is 0.241 e. The molecule has 0 aliphatic heterocycles. The summed E-state index contributed by atoms with van der Waals surface area (Å²) in [6.45, 7) is 3.40. The average molecular weight is 301 g/mol. The third-order valence-electron chi connectivity index (χ3n) is 3.58. The van der Waals surface area contributed by atoms with E-state index in [9.17, 15) is 4.79 Å². The van der Waals surface area contributed by atoms with Gasteiger partial charge in [-0.1, -0.05) is 29.5 Å². The molecule has 1 aromatic heterocycles. The molecule has 0 fully saturated rings. The van der Waals surface area contributed by atoms with Crippen LogP contribution in [-0.2, 0) is 11.3 Å². The van der Waals surface area contributed by atoms with E-state index < -0.39 is 0 Å². The van der Waals surface area contributed by atoms with Gasteiger partial charge in [0.2, 0.25) is 5.91 Å². The topological polar surface area (TPSA) is 63.1 Å². The summed E-state index contributed by atoms with van der Waals surface area (Å²) in [6.07, 6.45) is 4.29. The van der Waals surface area contributed by atoms with Crippen molar-refractivity contribution < 1.29 is 4.79 Å². The Morgan fingerprint density at radius 3 is 2.77 bits per heavy atom. The number of aryl methyl sites for hydroxylation is 2. The van der Waals surface area contributed by atoms with Gasteiger partial charge >= 0.3 is 0 Å². The van der Waals surface area contributed by atoms with Crippen LogP contribution < -0.4 is 5.32 Å². The Kier molecular flexibility index (Phi) is 5.66. The standard InChI is InChI=1S/C16H23N5O/c1-13-7-4-5-8-14(13)15(20(2)3)16(22)17-9-6-11-21-12-10-18-19-21/h4-5,7-8,10,12,15H,6,9,11H2,1-3H3,(H,17,22)/t15-/m1/s1. The Hall–Kier alpha value is -2.21. The Balaban J connectivity index is 1.91. The number of carbonyl (C=O) groups is 1. The summed E-state index contributed by atoms with van der Waals surface area (Å²) in [7, 11) is 3.85. The number of benzene rings is 1. The molecule has 1 heterocycles. The largest absolute Gasteiger partial charge is 0.354 e. The average Bonchev–Trinajstić information content (AvgIpc) is 2.99. The second-order valence-corrected chi connectivity index (χ2v) is 5.53. The molecule has 0 radical (unpaired) electrons. The minimum Gasteiger partial charge on any atom is -0.354 e. The van der Waals surface area contributed by atoms with Gasteiger partial charge in [0.25, 0.3) is 0 Å². The van der Waals surface area contributed by atoms with Gasteiger partial charge in [-0.15, -0.1) is 5.10 Å². The van der Waals surface area contributed by atoms with Crippen LogP contribution in [0.1, 0.15) is 23.6 Å². The molecule has 1 atom stereocenters. The van der Waals surface area contributed by atoms with Gasteiger partial charge in [0, 0.05) is 19.3 Å². The molecule has 0 unspecified atom stereocenters. The summed E-state index contributed by atoms with van der Waals surface area (Å²) in [6, 6.07) is 7.73. The van der Waals surface area contributed by atoms with Crippen molar-refractivity contribution in [3.63, 3.8) is 0 Å². The second kappa shape index (κ2) is 7.70. The van der Waals surface area contributed by atoms with Crippen molar-refractivity contribution in [2.24, 2.45) is 0 Å². The number of carbonyl (C=O) groups excluding carboxylic acids is 1. The van der Waals surface area contributed by atoms with Gasteiger partial charge < -0.3 is 5.32 Å². The molecule has 0 bridgehead atoms. The predicted octanol–water partition coefficient (Wildman–Crippen LogP) is 1.40. The van der Waals surface area contributed by atoms with E-state index in [-0.39, 0.29) is 11.9 Å². The molecule has 1 aromatic carbocycles. The molecule has 6 nitrogen and oxygen atoms in total. The minimum atomic E-state index is -0.271. The SMILES string of the molecule is Cc1ccccc1[C@H](C(=O)NCCCn1ccnn1)N(C)C. The van der Waals surface area contributed by atoms with Gasteiger partial charge in [-0.2, -0.15) is 0 Å². The maximum atomic E-state index is 12.5. The molecule has 2 aromatic rings. The number of amides is 1. The number of nitrogens with one attached hydrogen (secondary N) is 1. The fraction of sp³-hybridized carbons (Fsp3) is 0.438. The maximum absolute atomic E-state index is 12.5. The van der Waals surface area contributed by atoms with E-state index in [1.165, 1.54) is 0 Å². The number of likely N-dealkylation sites (N-methyl/N-ethyl adjacent to an activating group) is 1. The normalized spacial score (nSPS) is 12.4. The zero-order valence-corrected chi connectivity index (χ0v) is 13.4. The summed E-state index contributed by atoms with van der Waals surface area (Å²) in [5.41, 5.74) is 2.17. The lowest BCUT2D eigenvalue weighted by Crippen LogP contribution is -2.38. The molecule has 2 rings (SSSR count). The van der Waals surface area contributed by atoms with Crippen LogP contribution in [0.4, 0.5) is 0 Å². The second-order valence-electron chi connectivity index (χ2n) is 5.53. The number of aromatic nitrogens is 3. The summed E-state index contributed by atoms with van der Waals surface area (Å²) < 4.78 is 1.76. The molecule has 118 valence electrons. The minimum absolute atomic E-state index is 0.0258. The highest BCUT2D eigenvalue weighted by molar-refractivity contribution is 5.83.